The molecule has 0 unspecified atom stereocenters. The molecule has 0 N–H and O–H groups in total. The molecule has 1 aliphatic carbocycles. The molecule has 5 nitrogen and oxygen atoms in total. The van der Waals surface area contributed by atoms with Crippen LogP contribution in [0.4, 0.5) is 5.69 Å². The van der Waals surface area contributed by atoms with Gasteiger partial charge < -0.3 is 14.5 Å². The number of aryl methyl sites for hydroxylation is 1. The number of hydrogen-bond donors (Lipinski definition) is 0. The van der Waals surface area contributed by atoms with Crippen molar-refractivity contribution in [2.45, 2.75) is 44.9 Å². The number of methoxy groups -OCH3 is 1. The van der Waals surface area contributed by atoms with E-state index in [1.807, 2.05) is 12.1 Å². The summed E-state index contributed by atoms with van der Waals surface area (Å²) in [7, 11) is 1.74. The Kier molecular flexibility index (Phi) is 9.26. The number of benzene rings is 2. The van der Waals surface area contributed by atoms with Gasteiger partial charge in [0.25, 0.3) is 0 Å². The Balaban J connectivity index is 1.29. The Morgan fingerprint density at radius 2 is 1.62 bits per heavy atom. The zero-order valence-corrected chi connectivity index (χ0v) is 20.8. The third-order valence-electron chi connectivity index (χ3n) is 7.49. The zero-order chi connectivity index (χ0) is 23.6. The summed E-state index contributed by atoms with van der Waals surface area (Å²) in [5.41, 5.74) is 2.54. The molecule has 2 fully saturated rings. The molecule has 1 aliphatic heterocycles. The Morgan fingerprint density at radius 1 is 0.912 bits per heavy atom. The van der Waals surface area contributed by atoms with Gasteiger partial charge >= 0.3 is 0 Å². The number of amides is 1. The second-order valence-electron chi connectivity index (χ2n) is 9.75. The minimum absolute atomic E-state index is 0.243. The maximum atomic E-state index is 13.4. The monoisotopic (exact) mass is 463 g/mol. The quantitative estimate of drug-likeness (QED) is 0.504. The van der Waals surface area contributed by atoms with Crippen LogP contribution in [0.2, 0.25) is 0 Å². The number of ether oxygens (including phenoxy) is 1. The van der Waals surface area contributed by atoms with Gasteiger partial charge in [0.2, 0.25) is 5.91 Å². The maximum Gasteiger partial charge on any atom is 0.225 e. The van der Waals surface area contributed by atoms with Crippen molar-refractivity contribution in [3.63, 3.8) is 0 Å². The molecule has 1 amide bonds. The van der Waals surface area contributed by atoms with Crippen LogP contribution in [0, 0.1) is 5.92 Å². The van der Waals surface area contributed by atoms with E-state index < -0.39 is 0 Å². The highest BCUT2D eigenvalue weighted by molar-refractivity contribution is 5.79. The molecule has 0 spiro atoms. The van der Waals surface area contributed by atoms with Gasteiger partial charge in [0.15, 0.2) is 0 Å². The Morgan fingerprint density at radius 3 is 2.35 bits per heavy atom. The van der Waals surface area contributed by atoms with Gasteiger partial charge in [-0.05, 0) is 43.4 Å². The highest BCUT2D eigenvalue weighted by Gasteiger charge is 2.27. The number of rotatable bonds is 10. The number of para-hydroxylation sites is 2. The minimum Gasteiger partial charge on any atom is -0.495 e. The number of nitrogens with zero attached hydrogens (tertiary/aromatic N) is 3. The molecule has 0 aromatic heterocycles. The normalized spacial score (nSPS) is 17.5. The molecular formula is C29H41N3O2. The van der Waals surface area contributed by atoms with Crippen LogP contribution in [-0.4, -0.2) is 68.6 Å². The van der Waals surface area contributed by atoms with Crippen molar-refractivity contribution in [3.8, 4) is 5.75 Å². The molecule has 5 heteroatoms. The first-order valence-corrected chi connectivity index (χ1v) is 13.2. The molecule has 0 atom stereocenters. The molecule has 184 valence electrons. The van der Waals surface area contributed by atoms with Crippen LogP contribution < -0.4 is 9.64 Å². The molecule has 0 bridgehead atoms. The number of hydrogen-bond acceptors (Lipinski definition) is 4. The fourth-order valence-corrected chi connectivity index (χ4v) is 5.42. The van der Waals surface area contributed by atoms with Gasteiger partial charge in [-0.2, -0.15) is 0 Å². The average molecular weight is 464 g/mol. The van der Waals surface area contributed by atoms with E-state index in [1.165, 1.54) is 30.5 Å². The lowest BCUT2D eigenvalue weighted by molar-refractivity contribution is -0.136. The van der Waals surface area contributed by atoms with Gasteiger partial charge in [-0.25, -0.2) is 0 Å². The summed E-state index contributed by atoms with van der Waals surface area (Å²) in [6.07, 6.45) is 7.92. The molecule has 0 radical (unpaired) electrons. The van der Waals surface area contributed by atoms with E-state index in [1.54, 1.807) is 7.11 Å². The minimum atomic E-state index is 0.243. The van der Waals surface area contributed by atoms with E-state index >= 15 is 0 Å². The summed E-state index contributed by atoms with van der Waals surface area (Å²) in [6.45, 7) is 6.70. The van der Waals surface area contributed by atoms with Crippen molar-refractivity contribution in [1.29, 1.82) is 0 Å². The average Bonchev–Trinajstić information content (AvgIpc) is 2.91. The van der Waals surface area contributed by atoms with Crippen molar-refractivity contribution in [2.75, 3.05) is 57.8 Å². The van der Waals surface area contributed by atoms with Crippen molar-refractivity contribution < 1.29 is 9.53 Å². The van der Waals surface area contributed by atoms with Gasteiger partial charge in [-0.15, -0.1) is 0 Å². The van der Waals surface area contributed by atoms with Crippen LogP contribution >= 0.6 is 0 Å². The molecule has 2 aromatic carbocycles. The van der Waals surface area contributed by atoms with Crippen molar-refractivity contribution in [3.05, 3.63) is 60.2 Å². The van der Waals surface area contributed by atoms with E-state index in [2.05, 4.69) is 57.2 Å². The SMILES string of the molecule is COc1ccccc1N1CCN(CCN(CCCc2ccccc2)C(=O)C2CCCCC2)CC1. The predicted molar refractivity (Wildman–Crippen MR) is 140 cm³/mol. The van der Waals surface area contributed by atoms with Crippen molar-refractivity contribution in [2.24, 2.45) is 5.92 Å². The first-order valence-electron chi connectivity index (χ1n) is 13.2. The van der Waals surface area contributed by atoms with Gasteiger partial charge in [-0.1, -0.05) is 61.7 Å². The van der Waals surface area contributed by atoms with Gasteiger partial charge in [-0.3, -0.25) is 9.69 Å². The first kappa shape index (κ1) is 24.6. The summed E-state index contributed by atoms with van der Waals surface area (Å²) >= 11 is 0. The lowest BCUT2D eigenvalue weighted by atomic mass is 9.88. The smallest absolute Gasteiger partial charge is 0.225 e. The fourth-order valence-electron chi connectivity index (χ4n) is 5.42. The first-order chi connectivity index (χ1) is 16.7. The molecule has 1 saturated heterocycles. The Labute approximate surface area is 205 Å². The third-order valence-corrected chi connectivity index (χ3v) is 7.49. The van der Waals surface area contributed by atoms with Crippen LogP contribution in [0.1, 0.15) is 44.1 Å². The maximum absolute atomic E-state index is 13.4. The van der Waals surface area contributed by atoms with E-state index in [-0.39, 0.29) is 5.92 Å². The Bertz CT molecular complexity index is 874. The number of anilines is 1. The van der Waals surface area contributed by atoms with Crippen LogP contribution in [0.25, 0.3) is 0 Å². The second kappa shape index (κ2) is 12.8. The molecular weight excluding hydrogens is 422 g/mol. The van der Waals surface area contributed by atoms with Crippen LogP contribution in [0.15, 0.2) is 54.6 Å². The summed E-state index contributed by atoms with van der Waals surface area (Å²) in [5, 5.41) is 0. The highest BCUT2D eigenvalue weighted by atomic mass is 16.5. The van der Waals surface area contributed by atoms with Gasteiger partial charge in [0, 0.05) is 51.7 Å². The fraction of sp³-hybridized carbons (Fsp3) is 0.552. The number of piperazine rings is 1. The molecule has 1 heterocycles. The van der Waals surface area contributed by atoms with E-state index in [0.717, 1.165) is 77.2 Å². The van der Waals surface area contributed by atoms with E-state index in [0.29, 0.717) is 5.91 Å². The molecule has 4 rings (SSSR count). The van der Waals surface area contributed by atoms with E-state index in [4.69, 9.17) is 4.74 Å². The van der Waals surface area contributed by atoms with Crippen molar-refractivity contribution in [1.82, 2.24) is 9.80 Å². The highest BCUT2D eigenvalue weighted by Crippen LogP contribution is 2.28. The van der Waals surface area contributed by atoms with E-state index in [9.17, 15) is 4.79 Å². The third kappa shape index (κ3) is 6.75. The largest absolute Gasteiger partial charge is 0.495 e. The van der Waals surface area contributed by atoms with Crippen LogP contribution in [0.5, 0.6) is 5.75 Å². The summed E-state index contributed by atoms with van der Waals surface area (Å²) < 4.78 is 5.56. The standard InChI is InChI=1S/C29H41N3O2/c1-34-28-17-9-8-16-27(28)31-22-19-30(20-23-31)21-24-32(29(33)26-14-6-3-7-15-26)18-10-13-25-11-4-2-5-12-25/h2,4-5,8-9,11-12,16-17,26H,3,6-7,10,13-15,18-24H2,1H3. The lowest BCUT2D eigenvalue weighted by Crippen LogP contribution is -2.49. The van der Waals surface area contributed by atoms with Crippen molar-refractivity contribution >= 4 is 11.6 Å². The zero-order valence-electron chi connectivity index (χ0n) is 20.8. The summed E-state index contributed by atoms with van der Waals surface area (Å²) in [4.78, 5) is 20.5. The summed E-state index contributed by atoms with van der Waals surface area (Å²) in [6, 6.07) is 18.9. The number of carbonyl (C=O) groups is 1. The molecule has 1 saturated carbocycles. The molecule has 2 aliphatic rings. The van der Waals surface area contributed by atoms with Crippen LogP contribution in [0.3, 0.4) is 0 Å². The van der Waals surface area contributed by atoms with Gasteiger partial charge in [0.1, 0.15) is 5.75 Å². The Hall–Kier alpha value is -2.53. The topological polar surface area (TPSA) is 36.0 Å². The molecule has 2 aromatic rings. The van der Waals surface area contributed by atoms with Gasteiger partial charge in [0.05, 0.1) is 12.8 Å². The second-order valence-corrected chi connectivity index (χ2v) is 9.75. The predicted octanol–water partition coefficient (Wildman–Crippen LogP) is 4.86. The lowest BCUT2D eigenvalue weighted by Gasteiger charge is -2.38. The van der Waals surface area contributed by atoms with Crippen LogP contribution in [-0.2, 0) is 11.2 Å². The summed E-state index contributed by atoms with van der Waals surface area (Å²) in [5.74, 6) is 1.59. The number of carbonyl (C=O) groups excluding carboxylic acids is 1. The molecule has 34 heavy (non-hydrogen) atoms.